The first kappa shape index (κ1) is 36.1. The van der Waals surface area contributed by atoms with Crippen molar-refractivity contribution in [3.8, 4) is 11.3 Å². The number of nitrogens with zero attached hydrogens (tertiary/aromatic N) is 2. The molecule has 12 nitrogen and oxygen atoms in total. The summed E-state index contributed by atoms with van der Waals surface area (Å²) in [5.41, 5.74) is 1.15. The molecule has 0 fully saturated rings. The Morgan fingerprint density at radius 2 is 1.80 bits per heavy atom. The summed E-state index contributed by atoms with van der Waals surface area (Å²) in [4.78, 5) is 41.6. The summed E-state index contributed by atoms with van der Waals surface area (Å²) in [7, 11) is -0.0856. The molecule has 0 aliphatic carbocycles. The normalized spacial score (nSPS) is 12.9. The third-order valence-corrected chi connectivity index (χ3v) is 7.90. The van der Waals surface area contributed by atoms with Gasteiger partial charge < -0.3 is 34.5 Å². The van der Waals surface area contributed by atoms with E-state index in [1.54, 1.807) is 51.2 Å². The smallest absolute Gasteiger partial charge is 0.411 e. The van der Waals surface area contributed by atoms with Crippen LogP contribution in [0.5, 0.6) is 0 Å². The number of imidazole rings is 1. The molecule has 2 atom stereocenters. The van der Waals surface area contributed by atoms with Crippen LogP contribution in [0.15, 0.2) is 49.7 Å². The second-order valence-electron chi connectivity index (χ2n) is 12.5. The highest BCUT2D eigenvalue weighted by atomic mass is 28.3. The van der Waals surface area contributed by atoms with Crippen molar-refractivity contribution in [2.45, 2.75) is 83.7 Å². The van der Waals surface area contributed by atoms with Crippen molar-refractivity contribution in [2.75, 3.05) is 24.4 Å². The van der Waals surface area contributed by atoms with E-state index in [1.165, 1.54) is 13.2 Å². The number of carboxylic acid groups (broad SMARTS) is 1. The SMILES string of the molecule is C=CCC(Nc1cc(NC(=O)OC)ccc1-c1cn(COCC[Si](C)(C)C)c([C@H](CC=C)NC(=O)OC(C)(C)C)n1)C(=O)O. The highest BCUT2D eigenvalue weighted by Gasteiger charge is 2.26. The molecule has 0 spiro atoms. The maximum atomic E-state index is 12.8. The van der Waals surface area contributed by atoms with Gasteiger partial charge in [0.1, 0.15) is 24.2 Å². The molecule has 0 radical (unpaired) electrons. The minimum Gasteiger partial charge on any atom is -0.480 e. The molecule has 0 aliphatic rings. The molecule has 242 valence electrons. The van der Waals surface area contributed by atoms with E-state index >= 15 is 0 Å². The van der Waals surface area contributed by atoms with Crippen molar-refractivity contribution >= 4 is 37.6 Å². The van der Waals surface area contributed by atoms with Crippen molar-refractivity contribution in [3.05, 3.63) is 55.5 Å². The lowest BCUT2D eigenvalue weighted by atomic mass is 10.1. The van der Waals surface area contributed by atoms with Crippen LogP contribution in [0.2, 0.25) is 25.7 Å². The Balaban J connectivity index is 2.62. The van der Waals surface area contributed by atoms with Gasteiger partial charge in [-0.1, -0.05) is 31.8 Å². The van der Waals surface area contributed by atoms with E-state index < -0.39 is 43.9 Å². The van der Waals surface area contributed by atoms with E-state index in [2.05, 4.69) is 48.7 Å². The number of carbonyl (C=O) groups excluding carboxylic acids is 2. The second kappa shape index (κ2) is 16.1. The van der Waals surface area contributed by atoms with Crippen molar-refractivity contribution < 1.29 is 33.7 Å². The first-order valence-electron chi connectivity index (χ1n) is 14.4. The highest BCUT2D eigenvalue weighted by molar-refractivity contribution is 6.76. The van der Waals surface area contributed by atoms with Gasteiger partial charge in [-0.15, -0.1) is 13.2 Å². The summed E-state index contributed by atoms with van der Waals surface area (Å²) in [5, 5.41) is 18.3. The van der Waals surface area contributed by atoms with Crippen LogP contribution in [-0.4, -0.2) is 66.2 Å². The zero-order chi connectivity index (χ0) is 33.1. The van der Waals surface area contributed by atoms with Gasteiger partial charge in [0, 0.05) is 37.8 Å². The number of ether oxygens (including phenoxy) is 3. The van der Waals surface area contributed by atoms with Crippen LogP contribution in [0, 0.1) is 0 Å². The summed E-state index contributed by atoms with van der Waals surface area (Å²) in [6.07, 6.45) is 4.21. The fourth-order valence-electron chi connectivity index (χ4n) is 4.04. The van der Waals surface area contributed by atoms with E-state index in [0.29, 0.717) is 41.5 Å². The molecule has 1 heterocycles. The molecule has 44 heavy (non-hydrogen) atoms. The third kappa shape index (κ3) is 11.9. The highest BCUT2D eigenvalue weighted by Crippen LogP contribution is 2.33. The maximum absolute atomic E-state index is 12.8. The molecule has 4 N–H and O–H groups in total. The monoisotopic (exact) mass is 629 g/mol. The van der Waals surface area contributed by atoms with Crippen molar-refractivity contribution in [2.24, 2.45) is 0 Å². The molecule has 13 heteroatoms. The minimum atomic E-state index is -1.33. The zero-order valence-electron chi connectivity index (χ0n) is 26.9. The number of amides is 2. The van der Waals surface area contributed by atoms with Gasteiger partial charge >= 0.3 is 18.2 Å². The molecule has 1 aromatic carbocycles. The molecule has 1 aromatic heterocycles. The number of rotatable bonds is 16. The first-order valence-corrected chi connectivity index (χ1v) is 18.1. The predicted molar refractivity (Wildman–Crippen MR) is 175 cm³/mol. The quantitative estimate of drug-likeness (QED) is 0.0911. The van der Waals surface area contributed by atoms with Crippen LogP contribution in [0.1, 0.15) is 45.5 Å². The molecule has 2 rings (SSSR count). The fourth-order valence-corrected chi connectivity index (χ4v) is 4.79. The minimum absolute atomic E-state index is 0.148. The van der Waals surface area contributed by atoms with Crippen LogP contribution in [-0.2, 0) is 25.7 Å². The van der Waals surface area contributed by atoms with Gasteiger partial charge in [0.05, 0.1) is 18.8 Å². The first-order chi connectivity index (χ1) is 20.6. The molecule has 1 unspecified atom stereocenters. The predicted octanol–water partition coefficient (Wildman–Crippen LogP) is 6.62. The summed E-state index contributed by atoms with van der Waals surface area (Å²) in [5.74, 6) is -0.570. The van der Waals surface area contributed by atoms with E-state index in [4.69, 9.17) is 19.2 Å². The molecule has 0 saturated heterocycles. The second-order valence-corrected chi connectivity index (χ2v) is 18.1. The lowest BCUT2D eigenvalue weighted by molar-refractivity contribution is -0.137. The number of nitrogens with one attached hydrogen (secondary N) is 3. The Hall–Kier alpha value is -4.10. The number of hydrogen-bond acceptors (Lipinski definition) is 8. The number of aliphatic carboxylic acids is 1. The average Bonchev–Trinajstić information content (AvgIpc) is 3.33. The molecule has 0 aliphatic heterocycles. The third-order valence-electron chi connectivity index (χ3n) is 6.20. The summed E-state index contributed by atoms with van der Waals surface area (Å²) >= 11 is 0. The van der Waals surface area contributed by atoms with Gasteiger partial charge in [-0.05, 0) is 57.9 Å². The number of carbonyl (C=O) groups is 3. The van der Waals surface area contributed by atoms with Crippen molar-refractivity contribution in [1.29, 1.82) is 0 Å². The lowest BCUT2D eigenvalue weighted by Gasteiger charge is -2.23. The Labute approximate surface area is 260 Å². The Morgan fingerprint density at radius 1 is 1.11 bits per heavy atom. The van der Waals surface area contributed by atoms with Crippen LogP contribution in [0.4, 0.5) is 21.0 Å². The molecule has 2 aromatic rings. The molecule has 0 bridgehead atoms. The largest absolute Gasteiger partial charge is 0.480 e. The van der Waals surface area contributed by atoms with Crippen LogP contribution in [0.25, 0.3) is 11.3 Å². The summed E-state index contributed by atoms with van der Waals surface area (Å²) in [6, 6.07) is 4.36. The van der Waals surface area contributed by atoms with Gasteiger partial charge in [-0.25, -0.2) is 19.4 Å². The van der Waals surface area contributed by atoms with E-state index in [9.17, 15) is 19.5 Å². The fraction of sp³-hybridized carbons (Fsp3) is 0.484. The molecule has 2 amide bonds. The standard InChI is InChI=1S/C31H47N5O7Si/c1-10-12-23(35-30(40)43-31(3,4)5)27-34-26(19-36(27)20-42-16-17-44(7,8)9)22-15-14-21(32-29(39)41-6)18-25(22)33-24(13-11-2)28(37)38/h10-11,14-15,18-19,23-24,33H,1-2,12-13,16-17,20H2,3-9H3,(H,32,39)(H,35,40)(H,37,38)/t23-,24?/m0/s1. The van der Waals surface area contributed by atoms with Crippen LogP contribution < -0.4 is 16.0 Å². The van der Waals surface area contributed by atoms with Crippen LogP contribution in [0.3, 0.4) is 0 Å². The van der Waals surface area contributed by atoms with Crippen LogP contribution >= 0.6 is 0 Å². The maximum Gasteiger partial charge on any atom is 0.411 e. The Bertz CT molecular complexity index is 1310. The topological polar surface area (TPSA) is 153 Å². The van der Waals surface area contributed by atoms with Crippen molar-refractivity contribution in [1.82, 2.24) is 14.9 Å². The number of methoxy groups -OCH3 is 1. The molecular formula is C31H47N5O7Si. The van der Waals surface area contributed by atoms with Gasteiger partial charge in [-0.3, -0.25) is 5.32 Å². The van der Waals surface area contributed by atoms with Gasteiger partial charge in [0.25, 0.3) is 0 Å². The molecule has 0 saturated carbocycles. The zero-order valence-corrected chi connectivity index (χ0v) is 27.9. The number of anilines is 2. The summed E-state index contributed by atoms with van der Waals surface area (Å²) < 4.78 is 18.1. The van der Waals surface area contributed by atoms with Gasteiger partial charge in [-0.2, -0.15) is 0 Å². The van der Waals surface area contributed by atoms with E-state index in [0.717, 1.165) is 6.04 Å². The number of benzene rings is 1. The number of carboxylic acids is 1. The average molecular weight is 630 g/mol. The number of hydrogen-bond donors (Lipinski definition) is 4. The Morgan fingerprint density at radius 3 is 2.36 bits per heavy atom. The van der Waals surface area contributed by atoms with Gasteiger partial charge in [0.2, 0.25) is 0 Å². The number of alkyl carbamates (subject to hydrolysis) is 1. The lowest BCUT2D eigenvalue weighted by Crippen LogP contribution is -2.36. The number of aromatic nitrogens is 2. The van der Waals surface area contributed by atoms with E-state index in [1.807, 2.05) is 4.57 Å². The Kier molecular flexibility index (Phi) is 13.2. The summed E-state index contributed by atoms with van der Waals surface area (Å²) in [6.45, 7) is 20.4. The molecular weight excluding hydrogens is 582 g/mol. The van der Waals surface area contributed by atoms with Gasteiger partial charge in [0.15, 0.2) is 0 Å². The van der Waals surface area contributed by atoms with E-state index in [-0.39, 0.29) is 13.2 Å². The van der Waals surface area contributed by atoms with Crippen molar-refractivity contribution in [3.63, 3.8) is 0 Å².